The lowest BCUT2D eigenvalue weighted by atomic mass is 10.2. The zero-order chi connectivity index (χ0) is 42.3. The van der Waals surface area contributed by atoms with Crippen molar-refractivity contribution in [2.24, 2.45) is 20.5 Å². The molecule has 0 radical (unpaired) electrons. The van der Waals surface area contributed by atoms with Crippen LogP contribution < -0.4 is 9.80 Å². The molecule has 1 N–H and O–H groups in total. The van der Waals surface area contributed by atoms with Gasteiger partial charge < -0.3 is 19.6 Å². The number of likely N-dealkylation sites (N-methyl/N-ethyl adjacent to an activating group) is 2. The molecule has 57 heavy (non-hydrogen) atoms. The number of halogens is 1. The average molecular weight is 801 g/mol. The van der Waals surface area contributed by atoms with Crippen LogP contribution in [0.25, 0.3) is 0 Å². The number of ether oxygens (including phenoxy) is 1. The molecule has 0 spiro atoms. The fraction of sp³-hybridized carbons (Fsp3) is 0.250. The summed E-state index contributed by atoms with van der Waals surface area (Å²) in [6, 6.07) is 26.7. The predicted molar refractivity (Wildman–Crippen MR) is 222 cm³/mol. The van der Waals surface area contributed by atoms with Crippen LogP contribution >= 0.6 is 11.6 Å². The summed E-state index contributed by atoms with van der Waals surface area (Å²) < 4.78 is 5.14. The number of aliphatic hydroxyl groups excluding tert-OH is 1. The van der Waals surface area contributed by atoms with Gasteiger partial charge >= 0.3 is 5.97 Å². The quantitative estimate of drug-likeness (QED) is 0.0267. The summed E-state index contributed by atoms with van der Waals surface area (Å²) in [5.41, 5.74) is 5.22. The molecule has 4 rings (SSSR count). The van der Waals surface area contributed by atoms with E-state index in [9.17, 15) is 29.8 Å². The molecule has 16 nitrogen and oxygen atoms in total. The van der Waals surface area contributed by atoms with Gasteiger partial charge in [-0.25, -0.2) is 4.79 Å². The summed E-state index contributed by atoms with van der Waals surface area (Å²) in [7, 11) is 0. The van der Waals surface area contributed by atoms with E-state index < -0.39 is 21.1 Å². The molecule has 0 aliphatic rings. The molecule has 300 valence electrons. The van der Waals surface area contributed by atoms with Crippen molar-refractivity contribution in [3.05, 3.63) is 142 Å². The molecule has 0 amide bonds. The molecule has 4 aromatic rings. The lowest BCUT2D eigenvalue weighted by Crippen LogP contribution is -2.28. The number of azo groups is 2. The summed E-state index contributed by atoms with van der Waals surface area (Å²) >= 11 is 4.87. The zero-order valence-electron chi connectivity index (χ0n) is 32.2. The summed E-state index contributed by atoms with van der Waals surface area (Å²) in [4.78, 5) is 45.7. The Hall–Kier alpha value is -6.65. The molecular formula is C40H45ClN8O8. The lowest BCUT2D eigenvalue weighted by Gasteiger charge is -2.22. The van der Waals surface area contributed by atoms with Crippen LogP contribution in [-0.4, -0.2) is 65.6 Å². The number of nitrogens with zero attached hydrogens (tertiary/aromatic N) is 8. The Morgan fingerprint density at radius 2 is 0.965 bits per heavy atom. The van der Waals surface area contributed by atoms with Crippen LogP contribution in [-0.2, 0) is 14.3 Å². The number of carbonyl (C=O) groups excluding carboxylic acids is 2. The van der Waals surface area contributed by atoms with Crippen LogP contribution in [0, 0.1) is 20.2 Å². The minimum atomic E-state index is -0.463. The highest BCUT2D eigenvalue weighted by Gasteiger charge is 2.09. The number of rotatable bonds is 17. The van der Waals surface area contributed by atoms with Crippen molar-refractivity contribution in [3.63, 3.8) is 0 Å². The van der Waals surface area contributed by atoms with Gasteiger partial charge in [0, 0.05) is 66.4 Å². The average Bonchev–Trinajstić information content (AvgIpc) is 3.21. The third kappa shape index (κ3) is 17.1. The standard InChI is InChI=1S/C20H22N4O4.C16H18N4O3.C4H5ClO/c1-4-23(13-14-28-20(25)15(2)3)18-9-5-16(6-10-18)21-22-17-7-11-19(12-8-17)24(26)27;1-2-19(11-12-21)15-7-3-13(4-8-15)17-18-14-5-9-16(10-6-14)20(22)23;1-3(2)4(5)6/h5-12H,2,4,13-14H2,1,3H3;3-10,21H,2,11-12H2,1H3;1H2,2H3. The van der Waals surface area contributed by atoms with Crippen molar-refractivity contribution >= 4 is 68.3 Å². The van der Waals surface area contributed by atoms with Gasteiger partial charge in [-0.05, 0) is 112 Å². The zero-order valence-corrected chi connectivity index (χ0v) is 32.9. The fourth-order valence-corrected chi connectivity index (χ4v) is 4.41. The minimum absolute atomic E-state index is 0.0110. The second kappa shape index (κ2) is 24.7. The number of esters is 1. The summed E-state index contributed by atoms with van der Waals surface area (Å²) in [5, 5.41) is 46.2. The van der Waals surface area contributed by atoms with Crippen molar-refractivity contribution in [3.8, 4) is 0 Å². The molecule has 0 fully saturated rings. The highest BCUT2D eigenvalue weighted by atomic mass is 35.5. The smallest absolute Gasteiger partial charge is 0.333 e. The van der Waals surface area contributed by atoms with Crippen LogP contribution in [0.4, 0.5) is 45.5 Å². The number of aliphatic hydroxyl groups is 1. The third-order valence-corrected chi connectivity index (χ3v) is 7.85. The molecule has 0 atom stereocenters. The first-order valence-corrected chi connectivity index (χ1v) is 17.9. The van der Waals surface area contributed by atoms with E-state index in [1.807, 2.05) is 62.4 Å². The van der Waals surface area contributed by atoms with Gasteiger partial charge in [0.2, 0.25) is 5.24 Å². The number of non-ortho nitro benzene ring substituents is 2. The number of nitro benzene ring substituents is 2. The van der Waals surface area contributed by atoms with Crippen molar-refractivity contribution < 1.29 is 29.3 Å². The Morgan fingerprint density at radius 3 is 1.23 bits per heavy atom. The van der Waals surface area contributed by atoms with Crippen LogP contribution in [0.5, 0.6) is 0 Å². The van der Waals surface area contributed by atoms with Gasteiger partial charge in [0.15, 0.2) is 0 Å². The molecule has 17 heteroatoms. The Labute approximate surface area is 335 Å². The second-order valence-electron chi connectivity index (χ2n) is 11.8. The normalized spacial score (nSPS) is 10.4. The van der Waals surface area contributed by atoms with Crippen LogP contribution in [0.1, 0.15) is 27.7 Å². The Bertz CT molecular complexity index is 1990. The summed E-state index contributed by atoms with van der Waals surface area (Å²) in [6.07, 6.45) is 0. The summed E-state index contributed by atoms with van der Waals surface area (Å²) in [5.74, 6) is -0.391. The van der Waals surface area contributed by atoms with Crippen molar-refractivity contribution in [1.82, 2.24) is 0 Å². The number of carbonyl (C=O) groups is 2. The lowest BCUT2D eigenvalue weighted by molar-refractivity contribution is -0.385. The number of allylic oxidation sites excluding steroid dienone is 1. The van der Waals surface area contributed by atoms with Crippen LogP contribution in [0.15, 0.2) is 142 Å². The molecule has 0 aliphatic heterocycles. The predicted octanol–water partition coefficient (Wildman–Crippen LogP) is 10.1. The third-order valence-electron chi connectivity index (χ3n) is 7.52. The largest absolute Gasteiger partial charge is 0.460 e. The molecule has 0 bridgehead atoms. The molecular weight excluding hydrogens is 756 g/mol. The SMILES string of the molecule is C=C(C)C(=O)Cl.C=C(C)C(=O)OCCN(CC)c1ccc(N=Nc2ccc([N+](=O)[O-])cc2)cc1.CCN(CCO)c1ccc(N=Nc2ccc([N+](=O)[O-])cc2)cc1. The van der Waals surface area contributed by atoms with E-state index in [1.54, 1.807) is 38.1 Å². The number of hydrogen-bond acceptors (Lipinski definition) is 14. The Balaban J connectivity index is 0.000000349. The Kier molecular flexibility index (Phi) is 20.1. The minimum Gasteiger partial charge on any atom is -0.460 e. The first-order valence-electron chi connectivity index (χ1n) is 17.5. The number of anilines is 2. The molecule has 0 unspecified atom stereocenters. The topological polar surface area (TPSA) is 206 Å². The molecule has 0 aliphatic carbocycles. The van der Waals surface area contributed by atoms with E-state index in [0.717, 1.165) is 24.5 Å². The van der Waals surface area contributed by atoms with Gasteiger partial charge in [-0.1, -0.05) is 13.2 Å². The maximum absolute atomic E-state index is 11.4. The van der Waals surface area contributed by atoms with Gasteiger partial charge in [0.05, 0.1) is 45.7 Å². The first-order chi connectivity index (χ1) is 27.2. The Morgan fingerprint density at radius 1 is 0.649 bits per heavy atom. The molecule has 0 saturated carbocycles. The van der Waals surface area contributed by atoms with Gasteiger partial charge in [0.1, 0.15) is 6.61 Å². The van der Waals surface area contributed by atoms with Crippen molar-refractivity contribution in [1.29, 1.82) is 0 Å². The fourth-order valence-electron chi connectivity index (χ4n) is 4.41. The van der Waals surface area contributed by atoms with Gasteiger partial charge in [-0.3, -0.25) is 25.0 Å². The monoisotopic (exact) mass is 800 g/mol. The molecule has 4 aromatic carbocycles. The van der Waals surface area contributed by atoms with E-state index in [2.05, 4.69) is 43.4 Å². The van der Waals surface area contributed by atoms with E-state index in [-0.39, 0.29) is 24.6 Å². The number of hydrogen-bond donors (Lipinski definition) is 1. The van der Waals surface area contributed by atoms with Crippen molar-refractivity contribution in [2.45, 2.75) is 27.7 Å². The first kappa shape index (κ1) is 46.5. The molecule has 0 aromatic heterocycles. The summed E-state index contributed by atoms with van der Waals surface area (Å²) in [6.45, 7) is 17.2. The maximum Gasteiger partial charge on any atom is 0.333 e. The van der Waals surface area contributed by atoms with Crippen LogP contribution in [0.3, 0.4) is 0 Å². The maximum atomic E-state index is 11.4. The van der Waals surface area contributed by atoms with Crippen LogP contribution in [0.2, 0.25) is 0 Å². The highest BCUT2D eigenvalue weighted by molar-refractivity contribution is 6.67. The van der Waals surface area contributed by atoms with Gasteiger partial charge in [-0.15, -0.1) is 0 Å². The second-order valence-corrected chi connectivity index (χ2v) is 12.2. The van der Waals surface area contributed by atoms with Crippen molar-refractivity contribution in [2.75, 3.05) is 49.2 Å². The van der Waals surface area contributed by atoms with Gasteiger partial charge in [-0.2, -0.15) is 20.5 Å². The van der Waals surface area contributed by atoms with E-state index in [4.69, 9.17) is 21.4 Å². The molecule has 0 heterocycles. The van der Waals surface area contributed by atoms with E-state index in [1.165, 1.54) is 24.3 Å². The van der Waals surface area contributed by atoms with E-state index >= 15 is 0 Å². The van der Waals surface area contributed by atoms with E-state index in [0.29, 0.717) is 47.0 Å². The number of benzene rings is 4. The highest BCUT2D eigenvalue weighted by Crippen LogP contribution is 2.25. The molecule has 0 saturated heterocycles. The van der Waals surface area contributed by atoms with Gasteiger partial charge in [0.25, 0.3) is 11.4 Å². The number of nitro groups is 2.